The summed E-state index contributed by atoms with van der Waals surface area (Å²) < 4.78 is 6.85. The summed E-state index contributed by atoms with van der Waals surface area (Å²) in [6, 6.07) is 3.62. The van der Waals surface area contributed by atoms with Crippen molar-refractivity contribution in [3.05, 3.63) is 21.1 Å². The van der Waals surface area contributed by atoms with Crippen LogP contribution in [-0.4, -0.2) is 19.6 Å². The van der Waals surface area contributed by atoms with Crippen LogP contribution in [0.15, 0.2) is 21.1 Å². The molecule has 0 saturated carbocycles. The van der Waals surface area contributed by atoms with Gasteiger partial charge in [-0.15, -0.1) is 0 Å². The van der Waals surface area contributed by atoms with Crippen molar-refractivity contribution < 1.29 is 9.53 Å². The van der Waals surface area contributed by atoms with Crippen molar-refractivity contribution in [1.82, 2.24) is 0 Å². The van der Waals surface area contributed by atoms with E-state index in [1.165, 1.54) is 0 Å². The Labute approximate surface area is 143 Å². The second-order valence-electron chi connectivity index (χ2n) is 6.15. The lowest BCUT2D eigenvalue weighted by Crippen LogP contribution is -2.32. The first-order valence-electron chi connectivity index (χ1n) is 6.72. The summed E-state index contributed by atoms with van der Waals surface area (Å²) in [5.74, 6) is 0.373. The largest absolute Gasteiger partial charge is 0.495 e. The zero-order valence-corrected chi connectivity index (χ0v) is 16.0. The van der Waals surface area contributed by atoms with Gasteiger partial charge in [-0.2, -0.15) is 0 Å². The molecule has 1 atom stereocenters. The van der Waals surface area contributed by atoms with E-state index in [9.17, 15) is 4.79 Å². The van der Waals surface area contributed by atoms with Crippen LogP contribution in [0, 0.1) is 11.3 Å². The molecule has 1 rings (SSSR count). The molecule has 0 saturated heterocycles. The number of carbonyl (C=O) groups excluding carboxylic acids is 1. The van der Waals surface area contributed by atoms with Gasteiger partial charge < -0.3 is 15.8 Å². The fourth-order valence-corrected chi connectivity index (χ4v) is 3.29. The highest BCUT2D eigenvalue weighted by Crippen LogP contribution is 2.35. The van der Waals surface area contributed by atoms with Crippen LogP contribution in [-0.2, 0) is 4.79 Å². The highest BCUT2D eigenvalue weighted by atomic mass is 79.9. The van der Waals surface area contributed by atoms with Gasteiger partial charge in [-0.1, -0.05) is 20.8 Å². The molecule has 1 aromatic rings. The number of carbonyl (C=O) groups is 1. The number of nitrogens with two attached hydrogens (primary N) is 1. The van der Waals surface area contributed by atoms with Crippen LogP contribution in [0.25, 0.3) is 0 Å². The Balaban J connectivity index is 2.91. The second kappa shape index (κ2) is 7.61. The average Bonchev–Trinajstić information content (AvgIpc) is 2.37. The first kappa shape index (κ1) is 18.5. The molecule has 0 heterocycles. The summed E-state index contributed by atoms with van der Waals surface area (Å²) in [4.78, 5) is 12.4. The van der Waals surface area contributed by atoms with Crippen LogP contribution < -0.4 is 15.8 Å². The van der Waals surface area contributed by atoms with Crippen molar-refractivity contribution in [2.75, 3.05) is 19.0 Å². The number of hydrogen-bond donors (Lipinski definition) is 2. The van der Waals surface area contributed by atoms with Crippen LogP contribution in [0.2, 0.25) is 0 Å². The third-order valence-corrected chi connectivity index (χ3v) is 4.29. The Hall–Kier alpha value is -0.590. The summed E-state index contributed by atoms with van der Waals surface area (Å²) in [5.41, 5.74) is 6.47. The zero-order chi connectivity index (χ0) is 16.2. The average molecular weight is 422 g/mol. The Bertz CT molecular complexity index is 513. The molecule has 0 aliphatic rings. The fourth-order valence-electron chi connectivity index (χ4n) is 2.04. The van der Waals surface area contributed by atoms with E-state index in [4.69, 9.17) is 10.5 Å². The highest BCUT2D eigenvalue weighted by molar-refractivity contribution is 9.11. The van der Waals surface area contributed by atoms with Crippen molar-refractivity contribution in [2.45, 2.75) is 27.2 Å². The third-order valence-electron chi connectivity index (χ3n) is 3.01. The number of hydrogen-bond acceptors (Lipinski definition) is 3. The molecule has 4 nitrogen and oxygen atoms in total. The molecule has 0 radical (unpaired) electrons. The van der Waals surface area contributed by atoms with Crippen molar-refractivity contribution in [1.29, 1.82) is 0 Å². The molecule has 1 unspecified atom stereocenters. The maximum atomic E-state index is 12.4. The maximum absolute atomic E-state index is 12.4. The molecule has 118 valence electrons. The molecule has 6 heteroatoms. The van der Waals surface area contributed by atoms with E-state index in [0.717, 1.165) is 15.4 Å². The molecule has 21 heavy (non-hydrogen) atoms. The number of anilines is 1. The molecule has 1 amide bonds. The monoisotopic (exact) mass is 420 g/mol. The molecule has 1 aromatic carbocycles. The fraction of sp³-hybridized carbons (Fsp3) is 0.533. The van der Waals surface area contributed by atoms with E-state index in [0.29, 0.717) is 18.0 Å². The van der Waals surface area contributed by atoms with E-state index < -0.39 is 0 Å². The number of halogens is 2. The number of nitrogens with one attached hydrogen (secondary N) is 1. The van der Waals surface area contributed by atoms with E-state index in [1.54, 1.807) is 13.2 Å². The quantitative estimate of drug-likeness (QED) is 0.749. The van der Waals surface area contributed by atoms with Gasteiger partial charge in [-0.05, 0) is 49.8 Å². The van der Waals surface area contributed by atoms with Gasteiger partial charge in [0.05, 0.1) is 23.2 Å². The molecule has 0 aromatic heterocycles. The molecular formula is C15H22Br2N2O2. The predicted octanol–water partition coefficient (Wildman–Crippen LogP) is 4.17. The van der Waals surface area contributed by atoms with Crippen LogP contribution >= 0.6 is 31.9 Å². The number of ether oxygens (including phenoxy) is 1. The molecule has 0 spiro atoms. The van der Waals surface area contributed by atoms with E-state index in [2.05, 4.69) is 57.9 Å². The summed E-state index contributed by atoms with van der Waals surface area (Å²) in [6.45, 7) is 6.62. The van der Waals surface area contributed by atoms with Gasteiger partial charge >= 0.3 is 0 Å². The van der Waals surface area contributed by atoms with Crippen LogP contribution in [0.1, 0.15) is 27.2 Å². The molecule has 0 aliphatic carbocycles. The van der Waals surface area contributed by atoms with Crippen molar-refractivity contribution in [3.8, 4) is 5.75 Å². The smallest absolute Gasteiger partial charge is 0.228 e. The molecule has 0 aliphatic heterocycles. The van der Waals surface area contributed by atoms with Gasteiger partial charge in [0.25, 0.3) is 0 Å². The van der Waals surface area contributed by atoms with Crippen molar-refractivity contribution in [3.63, 3.8) is 0 Å². The minimum absolute atomic E-state index is 0.0516. The van der Waals surface area contributed by atoms with E-state index in [-0.39, 0.29) is 17.2 Å². The zero-order valence-electron chi connectivity index (χ0n) is 12.8. The standard InChI is InChI=1S/C15H22Br2N2O2/c1-15(2,3)7-9(8-18)14(20)19-12-6-13(21-4)11(17)5-10(12)16/h5-6,9H,7-8,18H2,1-4H3,(H,19,20). The maximum Gasteiger partial charge on any atom is 0.228 e. The van der Waals surface area contributed by atoms with Gasteiger partial charge in [-0.25, -0.2) is 0 Å². The predicted molar refractivity (Wildman–Crippen MR) is 93.6 cm³/mol. The minimum atomic E-state index is -0.216. The highest BCUT2D eigenvalue weighted by Gasteiger charge is 2.24. The second-order valence-corrected chi connectivity index (χ2v) is 7.86. The Morgan fingerprint density at radius 3 is 2.43 bits per heavy atom. The van der Waals surface area contributed by atoms with Gasteiger partial charge in [-0.3, -0.25) is 4.79 Å². The van der Waals surface area contributed by atoms with Gasteiger partial charge in [0.2, 0.25) is 5.91 Å². The van der Waals surface area contributed by atoms with Crippen LogP contribution in [0.3, 0.4) is 0 Å². The lowest BCUT2D eigenvalue weighted by Gasteiger charge is -2.24. The first-order valence-corrected chi connectivity index (χ1v) is 8.30. The van der Waals surface area contributed by atoms with Crippen LogP contribution in [0.4, 0.5) is 5.69 Å². The lowest BCUT2D eigenvalue weighted by molar-refractivity contribution is -0.120. The Morgan fingerprint density at radius 2 is 1.95 bits per heavy atom. The third kappa shape index (κ3) is 5.60. The Kier molecular flexibility index (Phi) is 6.69. The number of methoxy groups -OCH3 is 1. The normalized spacial score (nSPS) is 12.9. The number of amides is 1. The lowest BCUT2D eigenvalue weighted by atomic mass is 9.84. The molecule has 0 fully saturated rings. The molecule has 3 N–H and O–H groups in total. The Morgan fingerprint density at radius 1 is 1.33 bits per heavy atom. The van der Waals surface area contributed by atoms with Crippen LogP contribution in [0.5, 0.6) is 5.75 Å². The molecule has 0 bridgehead atoms. The van der Waals surface area contributed by atoms with Crippen molar-refractivity contribution >= 4 is 43.5 Å². The van der Waals surface area contributed by atoms with Gasteiger partial charge in [0, 0.05) is 17.1 Å². The SMILES string of the molecule is COc1cc(NC(=O)C(CN)CC(C)(C)C)c(Br)cc1Br. The first-order chi connectivity index (χ1) is 9.67. The number of benzene rings is 1. The summed E-state index contributed by atoms with van der Waals surface area (Å²) in [5, 5.41) is 2.92. The van der Waals surface area contributed by atoms with E-state index >= 15 is 0 Å². The summed E-state index contributed by atoms with van der Waals surface area (Å²) in [7, 11) is 1.59. The van der Waals surface area contributed by atoms with Crippen molar-refractivity contribution in [2.24, 2.45) is 17.1 Å². The number of rotatable bonds is 5. The van der Waals surface area contributed by atoms with Gasteiger partial charge in [0.15, 0.2) is 0 Å². The molecular weight excluding hydrogens is 400 g/mol. The summed E-state index contributed by atoms with van der Waals surface area (Å²) in [6.07, 6.45) is 0.737. The topological polar surface area (TPSA) is 64.3 Å². The minimum Gasteiger partial charge on any atom is -0.495 e. The van der Waals surface area contributed by atoms with E-state index in [1.807, 2.05) is 6.07 Å². The summed E-state index contributed by atoms with van der Waals surface area (Å²) >= 11 is 6.84. The van der Waals surface area contributed by atoms with Gasteiger partial charge in [0.1, 0.15) is 5.75 Å².